The first-order chi connectivity index (χ1) is 9.24. The monoisotopic (exact) mass is 293 g/mol. The van der Waals surface area contributed by atoms with Crippen molar-refractivity contribution in [3.8, 4) is 0 Å². The maximum Gasteiger partial charge on any atom is 0.235 e. The number of carbonyl (C=O) groups is 1. The minimum absolute atomic E-state index is 0.0189. The molecule has 1 aromatic heterocycles. The summed E-state index contributed by atoms with van der Waals surface area (Å²) in [6.45, 7) is 2.13. The van der Waals surface area contributed by atoms with Crippen LogP contribution in [0.1, 0.15) is 29.0 Å². The first-order valence-electron chi connectivity index (χ1n) is 6.22. The van der Waals surface area contributed by atoms with Gasteiger partial charge in [-0.1, -0.05) is 37.3 Å². The van der Waals surface area contributed by atoms with E-state index in [4.69, 9.17) is 11.6 Å². The Bertz CT molecular complexity index is 522. The number of nitrogens with one attached hydrogen (secondary N) is 1. The fraction of sp³-hybridized carbons (Fsp3) is 0.267. The molecular weight excluding hydrogens is 278 g/mol. The van der Waals surface area contributed by atoms with Crippen LogP contribution in [0, 0.1) is 0 Å². The molecule has 1 N–H and O–H groups in total. The zero-order chi connectivity index (χ0) is 13.7. The van der Waals surface area contributed by atoms with Crippen LogP contribution in [-0.4, -0.2) is 11.8 Å². The lowest BCUT2D eigenvalue weighted by molar-refractivity contribution is -0.119. The van der Waals surface area contributed by atoms with Crippen molar-refractivity contribution >= 4 is 28.8 Å². The first kappa shape index (κ1) is 14.1. The molecule has 0 bridgehead atoms. The predicted molar refractivity (Wildman–Crippen MR) is 80.8 cm³/mol. The van der Waals surface area contributed by atoms with Gasteiger partial charge in [0, 0.05) is 4.88 Å². The molecule has 2 aromatic rings. The molecule has 0 aliphatic rings. The van der Waals surface area contributed by atoms with E-state index in [1.807, 2.05) is 17.5 Å². The molecule has 2 nitrogen and oxygen atoms in total. The second-order valence-electron chi connectivity index (χ2n) is 4.24. The van der Waals surface area contributed by atoms with Crippen molar-refractivity contribution in [2.75, 3.05) is 5.88 Å². The van der Waals surface area contributed by atoms with Crippen LogP contribution in [0.15, 0.2) is 41.8 Å². The van der Waals surface area contributed by atoms with Gasteiger partial charge in [0.15, 0.2) is 0 Å². The highest BCUT2D eigenvalue weighted by molar-refractivity contribution is 7.10. The van der Waals surface area contributed by atoms with Crippen molar-refractivity contribution in [1.29, 1.82) is 0 Å². The van der Waals surface area contributed by atoms with Gasteiger partial charge >= 0.3 is 0 Å². The smallest absolute Gasteiger partial charge is 0.235 e. The Balaban J connectivity index is 2.28. The summed E-state index contributed by atoms with van der Waals surface area (Å²) in [7, 11) is 0. The number of benzene rings is 1. The second-order valence-corrected chi connectivity index (χ2v) is 5.49. The van der Waals surface area contributed by atoms with Gasteiger partial charge < -0.3 is 5.32 Å². The van der Waals surface area contributed by atoms with Gasteiger partial charge in [0.05, 0.1) is 6.04 Å². The van der Waals surface area contributed by atoms with Gasteiger partial charge in [0.1, 0.15) is 5.88 Å². The normalized spacial score (nSPS) is 12.1. The van der Waals surface area contributed by atoms with E-state index in [1.54, 1.807) is 11.3 Å². The van der Waals surface area contributed by atoms with Crippen LogP contribution in [0.5, 0.6) is 0 Å². The largest absolute Gasteiger partial charge is 0.343 e. The van der Waals surface area contributed by atoms with Gasteiger partial charge in [-0.2, -0.15) is 0 Å². The summed E-state index contributed by atoms with van der Waals surface area (Å²) in [5.74, 6) is -0.172. The lowest BCUT2D eigenvalue weighted by Crippen LogP contribution is -2.29. The van der Waals surface area contributed by atoms with Gasteiger partial charge in [0.25, 0.3) is 0 Å². The molecule has 2 rings (SSSR count). The highest BCUT2D eigenvalue weighted by Gasteiger charge is 2.17. The average molecular weight is 294 g/mol. The number of thiophene rings is 1. The molecule has 0 aliphatic heterocycles. The third-order valence-electron chi connectivity index (χ3n) is 2.98. The molecular formula is C15H16ClNOS. The van der Waals surface area contributed by atoms with E-state index in [2.05, 4.69) is 36.5 Å². The minimum atomic E-state index is -0.153. The van der Waals surface area contributed by atoms with Crippen molar-refractivity contribution in [2.24, 2.45) is 0 Å². The van der Waals surface area contributed by atoms with Crippen LogP contribution in [-0.2, 0) is 11.2 Å². The predicted octanol–water partition coefficient (Wildman–Crippen LogP) is 3.75. The van der Waals surface area contributed by atoms with Crippen molar-refractivity contribution in [1.82, 2.24) is 5.32 Å². The number of hydrogen-bond donors (Lipinski definition) is 1. The summed E-state index contributed by atoms with van der Waals surface area (Å²) in [5.41, 5.74) is 2.37. The number of aryl methyl sites for hydroxylation is 1. The maximum absolute atomic E-state index is 11.6. The van der Waals surface area contributed by atoms with Crippen molar-refractivity contribution in [3.05, 3.63) is 57.8 Å². The Morgan fingerprint density at radius 1 is 1.32 bits per heavy atom. The molecule has 19 heavy (non-hydrogen) atoms. The number of halogens is 1. The van der Waals surface area contributed by atoms with Gasteiger partial charge in [-0.25, -0.2) is 0 Å². The zero-order valence-electron chi connectivity index (χ0n) is 10.7. The molecule has 0 fully saturated rings. The van der Waals surface area contributed by atoms with E-state index in [9.17, 15) is 4.79 Å². The fourth-order valence-electron chi connectivity index (χ4n) is 1.92. The standard InChI is InChI=1S/C15H16ClNOS/c1-2-11-5-7-12(8-6-11)15(17-14(18)10-16)13-4-3-9-19-13/h3-9,15H,2,10H2,1H3,(H,17,18). The Morgan fingerprint density at radius 2 is 2.05 bits per heavy atom. The molecule has 1 heterocycles. The highest BCUT2D eigenvalue weighted by atomic mass is 35.5. The van der Waals surface area contributed by atoms with Crippen LogP contribution in [0.4, 0.5) is 0 Å². The minimum Gasteiger partial charge on any atom is -0.343 e. The van der Waals surface area contributed by atoms with Crippen LogP contribution in [0.3, 0.4) is 0 Å². The van der Waals surface area contributed by atoms with E-state index in [-0.39, 0.29) is 17.8 Å². The lowest BCUT2D eigenvalue weighted by Gasteiger charge is -2.17. The van der Waals surface area contributed by atoms with Crippen LogP contribution in [0.2, 0.25) is 0 Å². The number of rotatable bonds is 5. The molecule has 0 saturated carbocycles. The van der Waals surface area contributed by atoms with E-state index in [0.29, 0.717) is 0 Å². The third-order valence-corrected chi connectivity index (χ3v) is 4.16. The summed E-state index contributed by atoms with van der Waals surface area (Å²) in [5, 5.41) is 4.97. The quantitative estimate of drug-likeness (QED) is 0.836. The Labute approximate surface area is 122 Å². The summed E-state index contributed by atoms with van der Waals surface area (Å²) in [6, 6.07) is 12.2. The summed E-state index contributed by atoms with van der Waals surface area (Å²) < 4.78 is 0. The zero-order valence-corrected chi connectivity index (χ0v) is 12.3. The van der Waals surface area contributed by atoms with Crippen molar-refractivity contribution < 1.29 is 4.79 Å². The van der Waals surface area contributed by atoms with Gasteiger partial charge in [-0.15, -0.1) is 22.9 Å². The molecule has 1 unspecified atom stereocenters. The molecule has 1 atom stereocenters. The van der Waals surface area contributed by atoms with Gasteiger partial charge in [-0.3, -0.25) is 4.79 Å². The summed E-state index contributed by atoms with van der Waals surface area (Å²) in [6.07, 6.45) is 1.01. The molecule has 1 amide bonds. The SMILES string of the molecule is CCc1ccc(C(NC(=O)CCl)c2cccs2)cc1. The summed E-state index contributed by atoms with van der Waals surface area (Å²) >= 11 is 7.21. The first-order valence-corrected chi connectivity index (χ1v) is 7.63. The van der Waals surface area contributed by atoms with E-state index < -0.39 is 0 Å². The molecule has 0 saturated heterocycles. The third kappa shape index (κ3) is 3.58. The Morgan fingerprint density at radius 3 is 2.58 bits per heavy atom. The number of amides is 1. The Hall–Kier alpha value is -1.32. The van der Waals surface area contributed by atoms with E-state index in [1.165, 1.54) is 5.56 Å². The van der Waals surface area contributed by atoms with E-state index >= 15 is 0 Å². The van der Waals surface area contributed by atoms with Crippen LogP contribution >= 0.6 is 22.9 Å². The topological polar surface area (TPSA) is 29.1 Å². The number of carbonyl (C=O) groups excluding carboxylic acids is 1. The van der Waals surface area contributed by atoms with Crippen molar-refractivity contribution in [2.45, 2.75) is 19.4 Å². The summed E-state index contributed by atoms with van der Waals surface area (Å²) in [4.78, 5) is 12.7. The lowest BCUT2D eigenvalue weighted by atomic mass is 10.0. The fourth-order valence-corrected chi connectivity index (χ4v) is 2.80. The van der Waals surface area contributed by atoms with Crippen molar-refractivity contribution in [3.63, 3.8) is 0 Å². The highest BCUT2D eigenvalue weighted by Crippen LogP contribution is 2.26. The molecule has 0 spiro atoms. The van der Waals surface area contributed by atoms with E-state index in [0.717, 1.165) is 16.9 Å². The van der Waals surface area contributed by atoms with Gasteiger partial charge in [-0.05, 0) is 29.0 Å². The maximum atomic E-state index is 11.6. The van der Waals surface area contributed by atoms with Gasteiger partial charge in [0.2, 0.25) is 5.91 Å². The number of hydrogen-bond acceptors (Lipinski definition) is 2. The molecule has 0 aliphatic carbocycles. The van der Waals surface area contributed by atoms with Crippen LogP contribution < -0.4 is 5.32 Å². The second kappa shape index (κ2) is 6.73. The average Bonchev–Trinajstić information content (AvgIpc) is 2.98. The Kier molecular flexibility index (Phi) is 5.00. The molecule has 4 heteroatoms. The molecule has 1 aromatic carbocycles. The molecule has 0 radical (unpaired) electrons. The number of alkyl halides is 1. The van der Waals surface area contributed by atoms with Crippen LogP contribution in [0.25, 0.3) is 0 Å². The molecule has 100 valence electrons.